The first kappa shape index (κ1) is 17.9. The number of rotatable bonds is 6. The zero-order chi connectivity index (χ0) is 17.5. The lowest BCUT2D eigenvalue weighted by Gasteiger charge is -2.14. The molecule has 1 aromatic carbocycles. The second-order valence-corrected chi connectivity index (χ2v) is 7.19. The summed E-state index contributed by atoms with van der Waals surface area (Å²) >= 11 is 1.72. The van der Waals surface area contributed by atoms with E-state index in [1.54, 1.807) is 11.3 Å². The third-order valence-corrected chi connectivity index (χ3v) is 5.35. The Morgan fingerprint density at radius 1 is 1.32 bits per heavy atom. The molecule has 0 spiro atoms. The maximum absolute atomic E-state index is 5.66. The van der Waals surface area contributed by atoms with Gasteiger partial charge in [0.15, 0.2) is 5.96 Å². The van der Waals surface area contributed by atoms with Gasteiger partial charge in [-0.15, -0.1) is 11.3 Å². The fraction of sp³-hybridized carbons (Fsp3) is 0.474. The first-order valence-electron chi connectivity index (χ1n) is 8.91. The van der Waals surface area contributed by atoms with E-state index in [1.165, 1.54) is 4.88 Å². The third-order valence-electron chi connectivity index (χ3n) is 4.16. The molecule has 1 fully saturated rings. The van der Waals surface area contributed by atoms with E-state index in [0.29, 0.717) is 12.6 Å². The number of nitrogens with one attached hydrogen (secondary N) is 2. The van der Waals surface area contributed by atoms with Crippen LogP contribution >= 0.6 is 11.3 Å². The molecule has 0 saturated carbocycles. The van der Waals surface area contributed by atoms with Crippen LogP contribution in [0.1, 0.15) is 30.3 Å². The highest BCUT2D eigenvalue weighted by Gasteiger charge is 2.15. The molecule has 1 saturated heterocycles. The molecule has 2 heterocycles. The minimum absolute atomic E-state index is 0.304. The first-order valence-corrected chi connectivity index (χ1v) is 9.73. The van der Waals surface area contributed by atoms with Gasteiger partial charge in [-0.2, -0.15) is 0 Å². The summed E-state index contributed by atoms with van der Waals surface area (Å²) < 4.78 is 5.66. The standard InChI is InChI=1S/C19H26N4OS/c1-3-20-19(21-12-16-10-7-11-24-16)22-13-17-14(2)23-18(25-17)15-8-5-4-6-9-15/h4-6,8-9,16H,3,7,10-13H2,1-2H3,(H2,20,21,22). The van der Waals surface area contributed by atoms with Crippen molar-refractivity contribution in [2.75, 3.05) is 19.7 Å². The van der Waals surface area contributed by atoms with Crippen molar-refractivity contribution in [2.45, 2.75) is 39.3 Å². The third kappa shape index (κ3) is 5.03. The number of hydrogen-bond acceptors (Lipinski definition) is 4. The smallest absolute Gasteiger partial charge is 0.191 e. The number of aliphatic imine (C=N–C) groups is 1. The van der Waals surface area contributed by atoms with Crippen LogP contribution in [-0.2, 0) is 11.3 Å². The summed E-state index contributed by atoms with van der Waals surface area (Å²) in [5, 5.41) is 7.75. The van der Waals surface area contributed by atoms with Crippen molar-refractivity contribution in [1.29, 1.82) is 0 Å². The van der Waals surface area contributed by atoms with Crippen LogP contribution in [0.25, 0.3) is 10.6 Å². The number of guanidine groups is 1. The fourth-order valence-electron chi connectivity index (χ4n) is 2.79. The van der Waals surface area contributed by atoms with E-state index in [2.05, 4.69) is 36.6 Å². The Morgan fingerprint density at radius 2 is 2.16 bits per heavy atom. The molecule has 5 nitrogen and oxygen atoms in total. The molecule has 1 unspecified atom stereocenters. The minimum atomic E-state index is 0.304. The van der Waals surface area contributed by atoms with Gasteiger partial charge in [0, 0.05) is 30.1 Å². The number of aryl methyl sites for hydroxylation is 1. The molecular formula is C19H26N4OS. The number of thiazole rings is 1. The quantitative estimate of drug-likeness (QED) is 0.614. The van der Waals surface area contributed by atoms with Gasteiger partial charge in [0.1, 0.15) is 5.01 Å². The van der Waals surface area contributed by atoms with Crippen molar-refractivity contribution in [1.82, 2.24) is 15.6 Å². The zero-order valence-corrected chi connectivity index (χ0v) is 15.7. The molecule has 0 amide bonds. The lowest BCUT2D eigenvalue weighted by Crippen LogP contribution is -2.41. The average molecular weight is 359 g/mol. The molecule has 1 aromatic heterocycles. The zero-order valence-electron chi connectivity index (χ0n) is 14.9. The maximum atomic E-state index is 5.66. The van der Waals surface area contributed by atoms with Gasteiger partial charge < -0.3 is 15.4 Å². The van der Waals surface area contributed by atoms with E-state index < -0.39 is 0 Å². The summed E-state index contributed by atoms with van der Waals surface area (Å²) in [6.07, 6.45) is 2.59. The van der Waals surface area contributed by atoms with E-state index in [9.17, 15) is 0 Å². The summed E-state index contributed by atoms with van der Waals surface area (Å²) in [5.41, 5.74) is 2.22. The Hall–Kier alpha value is -1.92. The van der Waals surface area contributed by atoms with E-state index in [-0.39, 0.29) is 0 Å². The van der Waals surface area contributed by atoms with E-state index in [4.69, 9.17) is 14.7 Å². The summed E-state index contributed by atoms with van der Waals surface area (Å²) in [6.45, 7) is 7.30. The number of benzene rings is 1. The van der Waals surface area contributed by atoms with Crippen LogP contribution in [0.2, 0.25) is 0 Å². The number of aromatic nitrogens is 1. The number of hydrogen-bond donors (Lipinski definition) is 2. The van der Waals surface area contributed by atoms with E-state index in [1.807, 2.05) is 18.2 Å². The van der Waals surface area contributed by atoms with Gasteiger partial charge in [0.05, 0.1) is 18.3 Å². The van der Waals surface area contributed by atoms with Crippen LogP contribution in [-0.4, -0.2) is 36.7 Å². The van der Waals surface area contributed by atoms with E-state index >= 15 is 0 Å². The fourth-order valence-corrected chi connectivity index (χ4v) is 3.78. The van der Waals surface area contributed by atoms with Gasteiger partial charge in [-0.25, -0.2) is 9.98 Å². The van der Waals surface area contributed by atoms with Gasteiger partial charge >= 0.3 is 0 Å². The Kier molecular flexibility index (Phi) is 6.42. The molecule has 3 rings (SSSR count). The maximum Gasteiger partial charge on any atom is 0.191 e. The topological polar surface area (TPSA) is 58.5 Å². The van der Waals surface area contributed by atoms with Gasteiger partial charge in [0.2, 0.25) is 0 Å². The van der Waals surface area contributed by atoms with Gasteiger partial charge in [0.25, 0.3) is 0 Å². The normalized spacial score (nSPS) is 17.7. The molecule has 1 aliphatic heterocycles. The highest BCUT2D eigenvalue weighted by molar-refractivity contribution is 7.15. The lowest BCUT2D eigenvalue weighted by atomic mass is 10.2. The molecule has 0 aliphatic carbocycles. The Bertz CT molecular complexity index is 693. The highest BCUT2D eigenvalue weighted by Crippen LogP contribution is 2.28. The molecule has 134 valence electrons. The minimum Gasteiger partial charge on any atom is -0.376 e. The van der Waals surface area contributed by atoms with Crippen molar-refractivity contribution in [3.05, 3.63) is 40.9 Å². The van der Waals surface area contributed by atoms with Crippen LogP contribution < -0.4 is 10.6 Å². The SMILES string of the molecule is CCNC(=NCc1sc(-c2ccccc2)nc1C)NCC1CCCO1. The van der Waals surface area contributed by atoms with Crippen LogP contribution in [0.5, 0.6) is 0 Å². The van der Waals surface area contributed by atoms with Crippen LogP contribution in [0.15, 0.2) is 35.3 Å². The van der Waals surface area contributed by atoms with E-state index in [0.717, 1.165) is 54.8 Å². The summed E-state index contributed by atoms with van der Waals surface area (Å²) in [6, 6.07) is 10.3. The summed E-state index contributed by atoms with van der Waals surface area (Å²) in [4.78, 5) is 10.6. The van der Waals surface area contributed by atoms with Crippen molar-refractivity contribution in [3.8, 4) is 10.6 Å². The first-order chi connectivity index (χ1) is 12.3. The largest absolute Gasteiger partial charge is 0.376 e. The molecule has 2 aromatic rings. The highest BCUT2D eigenvalue weighted by atomic mass is 32.1. The molecule has 0 bridgehead atoms. The monoisotopic (exact) mass is 358 g/mol. The van der Waals surface area contributed by atoms with Gasteiger partial charge in [-0.3, -0.25) is 0 Å². The number of nitrogens with zero attached hydrogens (tertiary/aromatic N) is 2. The lowest BCUT2D eigenvalue weighted by molar-refractivity contribution is 0.114. The Morgan fingerprint density at radius 3 is 2.88 bits per heavy atom. The van der Waals surface area contributed by atoms with Crippen LogP contribution in [0, 0.1) is 6.92 Å². The predicted molar refractivity (Wildman–Crippen MR) is 104 cm³/mol. The molecule has 1 atom stereocenters. The number of ether oxygens (including phenoxy) is 1. The van der Waals surface area contributed by atoms with Crippen molar-refractivity contribution in [3.63, 3.8) is 0 Å². The van der Waals surface area contributed by atoms with Crippen molar-refractivity contribution in [2.24, 2.45) is 4.99 Å². The Balaban J connectivity index is 1.64. The predicted octanol–water partition coefficient (Wildman–Crippen LogP) is 3.35. The summed E-state index contributed by atoms with van der Waals surface area (Å²) in [7, 11) is 0. The molecule has 0 radical (unpaired) electrons. The molecule has 2 N–H and O–H groups in total. The Labute approximate surface area is 153 Å². The summed E-state index contributed by atoms with van der Waals surface area (Å²) in [5.74, 6) is 0.840. The molecule has 1 aliphatic rings. The molecular weight excluding hydrogens is 332 g/mol. The van der Waals surface area contributed by atoms with Crippen molar-refractivity contribution >= 4 is 17.3 Å². The molecule has 25 heavy (non-hydrogen) atoms. The second kappa shape index (κ2) is 8.97. The van der Waals surface area contributed by atoms with Crippen molar-refractivity contribution < 1.29 is 4.74 Å². The second-order valence-electron chi connectivity index (χ2n) is 6.10. The average Bonchev–Trinajstić information content (AvgIpc) is 3.28. The van der Waals surface area contributed by atoms with Gasteiger partial charge in [-0.1, -0.05) is 30.3 Å². The van der Waals surface area contributed by atoms with Gasteiger partial charge in [-0.05, 0) is 26.7 Å². The van der Waals surface area contributed by atoms with Crippen LogP contribution in [0.3, 0.4) is 0 Å². The van der Waals surface area contributed by atoms with Crippen LogP contribution in [0.4, 0.5) is 0 Å². The molecule has 6 heteroatoms.